The van der Waals surface area contributed by atoms with Crippen molar-refractivity contribution in [2.24, 2.45) is 10.9 Å². The van der Waals surface area contributed by atoms with E-state index in [0.29, 0.717) is 17.0 Å². The van der Waals surface area contributed by atoms with Gasteiger partial charge >= 0.3 is 5.97 Å². The van der Waals surface area contributed by atoms with Gasteiger partial charge in [-0.15, -0.1) is 0 Å². The second-order valence-electron chi connectivity index (χ2n) is 5.63. The molecule has 0 unspecified atom stereocenters. The highest BCUT2D eigenvalue weighted by Crippen LogP contribution is 2.24. The van der Waals surface area contributed by atoms with Crippen LogP contribution in [0.2, 0.25) is 0 Å². The normalized spacial score (nSPS) is 11.0. The summed E-state index contributed by atoms with van der Waals surface area (Å²) in [6.45, 7) is 5.22. The Morgan fingerprint density at radius 1 is 1.21 bits per heavy atom. The van der Waals surface area contributed by atoms with Crippen molar-refractivity contribution in [3.05, 3.63) is 63.7 Å². The van der Waals surface area contributed by atoms with Gasteiger partial charge in [-0.25, -0.2) is 0 Å². The molecule has 2 rings (SSSR count). The van der Waals surface area contributed by atoms with Crippen molar-refractivity contribution in [2.75, 3.05) is 0 Å². The van der Waals surface area contributed by atoms with Crippen molar-refractivity contribution in [2.45, 2.75) is 20.8 Å². The lowest BCUT2D eigenvalue weighted by atomic mass is 10.2. The summed E-state index contributed by atoms with van der Waals surface area (Å²) in [6.07, 6.45) is 1.60. The van der Waals surface area contributed by atoms with E-state index in [1.54, 1.807) is 63.4 Å². The zero-order valence-corrected chi connectivity index (χ0v) is 13.7. The third kappa shape index (κ3) is 4.49. The van der Waals surface area contributed by atoms with Crippen molar-refractivity contribution in [3.8, 4) is 5.75 Å². The number of aliphatic imine (C=N–C) groups is 1. The van der Waals surface area contributed by atoms with Crippen molar-refractivity contribution < 1.29 is 14.5 Å². The number of benzene rings is 2. The van der Waals surface area contributed by atoms with Gasteiger partial charge in [0, 0.05) is 17.8 Å². The number of esters is 1. The van der Waals surface area contributed by atoms with Crippen molar-refractivity contribution >= 4 is 23.6 Å². The molecule has 0 saturated carbocycles. The van der Waals surface area contributed by atoms with Crippen LogP contribution in [0.15, 0.2) is 47.5 Å². The van der Waals surface area contributed by atoms with Crippen LogP contribution in [0.4, 0.5) is 11.4 Å². The number of carbonyl (C=O) groups is 1. The van der Waals surface area contributed by atoms with Crippen LogP contribution in [0.3, 0.4) is 0 Å². The summed E-state index contributed by atoms with van der Waals surface area (Å²) in [5.41, 5.74) is 1.93. The number of aryl methyl sites for hydroxylation is 1. The maximum absolute atomic E-state index is 11.5. The number of hydrogen-bond acceptors (Lipinski definition) is 5. The summed E-state index contributed by atoms with van der Waals surface area (Å²) in [5, 5.41) is 10.9. The molecule has 0 aromatic heterocycles. The Balaban J connectivity index is 2.11. The first kappa shape index (κ1) is 17.3. The van der Waals surface area contributed by atoms with Crippen LogP contribution >= 0.6 is 0 Å². The number of carbonyl (C=O) groups excluding carboxylic acids is 1. The summed E-state index contributed by atoms with van der Waals surface area (Å²) >= 11 is 0. The molecule has 6 heteroatoms. The number of nitro groups is 1. The summed E-state index contributed by atoms with van der Waals surface area (Å²) in [5.74, 6) is -0.0104. The zero-order chi connectivity index (χ0) is 17.7. The fourth-order valence-corrected chi connectivity index (χ4v) is 1.88. The lowest BCUT2D eigenvalue weighted by Crippen LogP contribution is -2.14. The van der Waals surface area contributed by atoms with E-state index >= 15 is 0 Å². The molecule has 0 fully saturated rings. The second kappa shape index (κ2) is 7.50. The average Bonchev–Trinajstić information content (AvgIpc) is 2.55. The Morgan fingerprint density at radius 3 is 2.46 bits per heavy atom. The van der Waals surface area contributed by atoms with Crippen molar-refractivity contribution in [1.82, 2.24) is 0 Å². The molecule has 24 heavy (non-hydrogen) atoms. The van der Waals surface area contributed by atoms with Crippen LogP contribution in [-0.4, -0.2) is 17.1 Å². The van der Waals surface area contributed by atoms with E-state index in [1.165, 1.54) is 6.07 Å². The van der Waals surface area contributed by atoms with Gasteiger partial charge in [-0.1, -0.05) is 19.9 Å². The highest BCUT2D eigenvalue weighted by Gasteiger charge is 2.10. The third-order valence-electron chi connectivity index (χ3n) is 3.32. The summed E-state index contributed by atoms with van der Waals surface area (Å²) in [4.78, 5) is 26.3. The second-order valence-corrected chi connectivity index (χ2v) is 5.63. The molecule has 0 aliphatic carbocycles. The summed E-state index contributed by atoms with van der Waals surface area (Å²) < 4.78 is 5.19. The van der Waals surface area contributed by atoms with Crippen LogP contribution in [0.25, 0.3) is 0 Å². The number of hydrogen-bond donors (Lipinski definition) is 0. The molecule has 0 saturated heterocycles. The van der Waals surface area contributed by atoms with Crippen LogP contribution in [0.1, 0.15) is 25.0 Å². The molecule has 124 valence electrons. The van der Waals surface area contributed by atoms with Crippen molar-refractivity contribution in [1.29, 1.82) is 0 Å². The van der Waals surface area contributed by atoms with Gasteiger partial charge < -0.3 is 4.74 Å². The minimum Gasteiger partial charge on any atom is -0.426 e. The van der Waals surface area contributed by atoms with E-state index < -0.39 is 4.92 Å². The fraction of sp³-hybridized carbons (Fsp3) is 0.222. The smallest absolute Gasteiger partial charge is 0.313 e. The van der Waals surface area contributed by atoms with Gasteiger partial charge in [-0.3, -0.25) is 19.9 Å². The molecule has 0 aliphatic rings. The molecule has 0 atom stereocenters. The maximum Gasteiger partial charge on any atom is 0.313 e. The molecule has 0 amide bonds. The van der Waals surface area contributed by atoms with Gasteiger partial charge in [0.2, 0.25) is 0 Å². The van der Waals surface area contributed by atoms with E-state index in [9.17, 15) is 14.9 Å². The van der Waals surface area contributed by atoms with Crippen LogP contribution in [0.5, 0.6) is 5.75 Å². The zero-order valence-electron chi connectivity index (χ0n) is 13.7. The Morgan fingerprint density at radius 2 is 1.88 bits per heavy atom. The standard InChI is InChI=1S/C18H18N2O4/c1-12(2)18(21)24-16-8-5-14(6-9-16)11-19-15-7-4-13(3)17(10-15)20(22)23/h4-12H,1-3H3. The lowest BCUT2D eigenvalue weighted by molar-refractivity contribution is -0.385. The van der Waals surface area contributed by atoms with Gasteiger partial charge in [-0.2, -0.15) is 0 Å². The quantitative estimate of drug-likeness (QED) is 0.271. The monoisotopic (exact) mass is 326 g/mol. The Labute approximate surface area is 140 Å². The van der Waals surface area contributed by atoms with E-state index in [2.05, 4.69) is 4.99 Å². The van der Waals surface area contributed by atoms with Crippen LogP contribution in [0, 0.1) is 23.0 Å². The summed E-state index contributed by atoms with van der Waals surface area (Å²) in [7, 11) is 0. The van der Waals surface area contributed by atoms with Crippen LogP contribution < -0.4 is 4.74 Å². The number of ether oxygens (including phenoxy) is 1. The molecule has 0 heterocycles. The van der Waals surface area contributed by atoms with Gasteiger partial charge in [0.1, 0.15) is 5.75 Å². The number of rotatable bonds is 5. The Kier molecular flexibility index (Phi) is 5.42. The molecule has 0 N–H and O–H groups in total. The van der Waals surface area contributed by atoms with Gasteiger partial charge in [0.15, 0.2) is 0 Å². The molecule has 2 aromatic carbocycles. The Bertz CT molecular complexity index is 780. The number of nitrogens with zero attached hydrogens (tertiary/aromatic N) is 2. The molecular formula is C18H18N2O4. The van der Waals surface area contributed by atoms with Crippen molar-refractivity contribution in [3.63, 3.8) is 0 Å². The minimum atomic E-state index is -0.424. The minimum absolute atomic E-state index is 0.0422. The molecule has 6 nitrogen and oxygen atoms in total. The topological polar surface area (TPSA) is 81.8 Å². The first-order valence-electron chi connectivity index (χ1n) is 7.47. The fourth-order valence-electron chi connectivity index (χ4n) is 1.88. The number of nitro benzene ring substituents is 1. The largest absolute Gasteiger partial charge is 0.426 e. The molecule has 0 spiro atoms. The van der Waals surface area contributed by atoms with E-state index in [-0.39, 0.29) is 17.6 Å². The lowest BCUT2D eigenvalue weighted by Gasteiger charge is -2.06. The molecule has 2 aromatic rings. The molecular weight excluding hydrogens is 308 g/mol. The van der Waals surface area contributed by atoms with Crippen LogP contribution in [-0.2, 0) is 4.79 Å². The molecule has 0 aliphatic heterocycles. The highest BCUT2D eigenvalue weighted by atomic mass is 16.6. The van der Waals surface area contributed by atoms with E-state index in [1.807, 2.05) is 0 Å². The van der Waals surface area contributed by atoms with Gasteiger partial charge in [-0.05, 0) is 42.8 Å². The SMILES string of the molecule is Cc1ccc(N=Cc2ccc(OC(=O)C(C)C)cc2)cc1[N+](=O)[O-]. The summed E-state index contributed by atoms with van der Waals surface area (Å²) in [6, 6.07) is 11.7. The highest BCUT2D eigenvalue weighted by molar-refractivity contribution is 5.82. The van der Waals surface area contributed by atoms with Gasteiger partial charge in [0.05, 0.1) is 16.5 Å². The van der Waals surface area contributed by atoms with Gasteiger partial charge in [0.25, 0.3) is 5.69 Å². The predicted molar refractivity (Wildman–Crippen MR) is 92.0 cm³/mol. The van der Waals surface area contributed by atoms with E-state index in [0.717, 1.165) is 5.56 Å². The third-order valence-corrected chi connectivity index (χ3v) is 3.32. The first-order chi connectivity index (χ1) is 11.4. The Hall–Kier alpha value is -3.02. The van der Waals surface area contributed by atoms with E-state index in [4.69, 9.17) is 4.74 Å². The average molecular weight is 326 g/mol. The first-order valence-corrected chi connectivity index (χ1v) is 7.47. The molecule has 0 radical (unpaired) electrons. The maximum atomic E-state index is 11.5. The molecule has 0 bridgehead atoms. The predicted octanol–water partition coefficient (Wildman–Crippen LogP) is 4.22.